The van der Waals surface area contributed by atoms with Crippen molar-refractivity contribution in [2.45, 2.75) is 58.2 Å². The lowest BCUT2D eigenvalue weighted by molar-refractivity contribution is -0.141. The molecule has 4 aromatic carbocycles. The van der Waals surface area contributed by atoms with Crippen LogP contribution in [0.3, 0.4) is 0 Å². The van der Waals surface area contributed by atoms with Crippen LogP contribution < -0.4 is 10.1 Å². The first-order chi connectivity index (χ1) is 18.7. The summed E-state index contributed by atoms with van der Waals surface area (Å²) < 4.78 is 5.43. The van der Waals surface area contributed by atoms with Crippen LogP contribution in [0, 0.1) is 0 Å². The molecule has 0 aromatic heterocycles. The standard InChI is InChI=1S/C34H38N2O3/c1-34(2,3)35-33(38)31(23-25-12-6-5-7-13-25)36(24-26-14-10-18-29(22-26)39-4)32(37)21-20-28-17-11-16-27-15-8-9-19-30(27)28/h5-19,22,31H,20-21,23-24H2,1-4H3,(H,35,38). The van der Waals surface area contributed by atoms with Gasteiger partial charge in [-0.3, -0.25) is 9.59 Å². The Bertz CT molecular complexity index is 1400. The lowest BCUT2D eigenvalue weighted by Crippen LogP contribution is -2.54. The van der Waals surface area contributed by atoms with Crippen LogP contribution in [0.1, 0.15) is 43.9 Å². The van der Waals surface area contributed by atoms with Gasteiger partial charge in [-0.05, 0) is 66.8 Å². The van der Waals surface area contributed by atoms with Gasteiger partial charge in [-0.2, -0.15) is 0 Å². The molecule has 0 fully saturated rings. The number of carbonyl (C=O) groups is 2. The zero-order valence-electron chi connectivity index (χ0n) is 23.3. The van der Waals surface area contributed by atoms with Gasteiger partial charge in [0.25, 0.3) is 0 Å². The Morgan fingerprint density at radius 2 is 1.51 bits per heavy atom. The molecule has 0 saturated heterocycles. The maximum atomic E-state index is 14.0. The van der Waals surface area contributed by atoms with Crippen molar-refractivity contribution < 1.29 is 14.3 Å². The van der Waals surface area contributed by atoms with E-state index in [1.807, 2.05) is 93.6 Å². The van der Waals surface area contributed by atoms with Crippen LogP contribution in [0.25, 0.3) is 10.8 Å². The van der Waals surface area contributed by atoms with Crippen LogP contribution in [0.2, 0.25) is 0 Å². The predicted molar refractivity (Wildman–Crippen MR) is 158 cm³/mol. The molecule has 39 heavy (non-hydrogen) atoms. The van der Waals surface area contributed by atoms with Gasteiger partial charge in [-0.25, -0.2) is 0 Å². The van der Waals surface area contributed by atoms with Crippen molar-refractivity contribution in [2.75, 3.05) is 7.11 Å². The quantitative estimate of drug-likeness (QED) is 0.265. The van der Waals surface area contributed by atoms with Crippen molar-refractivity contribution >= 4 is 22.6 Å². The number of carbonyl (C=O) groups excluding carboxylic acids is 2. The van der Waals surface area contributed by atoms with Gasteiger partial charge in [-0.1, -0.05) is 84.9 Å². The van der Waals surface area contributed by atoms with Crippen LogP contribution in [-0.2, 0) is 29.0 Å². The summed E-state index contributed by atoms with van der Waals surface area (Å²) in [4.78, 5) is 29.5. The lowest BCUT2D eigenvalue weighted by Gasteiger charge is -2.34. The molecule has 202 valence electrons. The molecule has 0 heterocycles. The van der Waals surface area contributed by atoms with Gasteiger partial charge in [0.15, 0.2) is 0 Å². The summed E-state index contributed by atoms with van der Waals surface area (Å²) in [5, 5.41) is 5.43. The number of rotatable bonds is 10. The van der Waals surface area contributed by atoms with Gasteiger partial charge in [0.1, 0.15) is 11.8 Å². The first-order valence-corrected chi connectivity index (χ1v) is 13.5. The molecule has 5 heteroatoms. The van der Waals surface area contributed by atoms with E-state index in [9.17, 15) is 9.59 Å². The fraction of sp³-hybridized carbons (Fsp3) is 0.294. The minimum Gasteiger partial charge on any atom is -0.497 e. The summed E-state index contributed by atoms with van der Waals surface area (Å²) in [6, 6.07) is 31.3. The second-order valence-corrected chi connectivity index (χ2v) is 11.0. The van der Waals surface area contributed by atoms with E-state index in [4.69, 9.17) is 4.74 Å². The molecule has 0 aliphatic heterocycles. The molecule has 2 amide bonds. The Morgan fingerprint density at radius 3 is 2.26 bits per heavy atom. The fourth-order valence-electron chi connectivity index (χ4n) is 4.87. The number of methoxy groups -OCH3 is 1. The van der Waals surface area contributed by atoms with Gasteiger partial charge in [0.2, 0.25) is 11.8 Å². The van der Waals surface area contributed by atoms with Crippen LogP contribution >= 0.6 is 0 Å². The van der Waals surface area contributed by atoms with Gasteiger partial charge in [0.05, 0.1) is 7.11 Å². The fourth-order valence-corrected chi connectivity index (χ4v) is 4.87. The van der Waals surface area contributed by atoms with Crippen LogP contribution in [0.4, 0.5) is 0 Å². The van der Waals surface area contributed by atoms with E-state index in [2.05, 4.69) is 29.6 Å². The third kappa shape index (κ3) is 7.70. The van der Waals surface area contributed by atoms with Crippen LogP contribution in [0.5, 0.6) is 5.75 Å². The highest BCUT2D eigenvalue weighted by molar-refractivity contribution is 5.89. The highest BCUT2D eigenvalue weighted by atomic mass is 16.5. The van der Waals surface area contributed by atoms with E-state index < -0.39 is 11.6 Å². The number of hydrogen-bond acceptors (Lipinski definition) is 3. The Kier molecular flexibility index (Phi) is 9.03. The monoisotopic (exact) mass is 522 g/mol. The number of amides is 2. The molecule has 1 N–H and O–H groups in total. The SMILES string of the molecule is COc1cccc(CN(C(=O)CCc2cccc3ccccc23)C(Cc2ccccc2)C(=O)NC(C)(C)C)c1. The Morgan fingerprint density at radius 1 is 0.846 bits per heavy atom. The van der Waals surface area contributed by atoms with Crippen molar-refractivity contribution in [3.8, 4) is 5.75 Å². The molecule has 1 unspecified atom stereocenters. The maximum Gasteiger partial charge on any atom is 0.243 e. The number of nitrogens with one attached hydrogen (secondary N) is 1. The average Bonchev–Trinajstić information content (AvgIpc) is 2.93. The Balaban J connectivity index is 1.67. The molecular formula is C34H38N2O3. The molecule has 5 nitrogen and oxygen atoms in total. The summed E-state index contributed by atoms with van der Waals surface area (Å²) in [7, 11) is 1.63. The van der Waals surface area contributed by atoms with E-state index >= 15 is 0 Å². The minimum absolute atomic E-state index is 0.0595. The van der Waals surface area contributed by atoms with Crippen LogP contribution in [-0.4, -0.2) is 35.4 Å². The van der Waals surface area contributed by atoms with E-state index in [1.165, 1.54) is 0 Å². The van der Waals surface area contributed by atoms with E-state index in [0.717, 1.165) is 33.2 Å². The van der Waals surface area contributed by atoms with E-state index in [1.54, 1.807) is 12.0 Å². The molecule has 0 saturated carbocycles. The number of nitrogens with zero attached hydrogens (tertiary/aromatic N) is 1. The zero-order valence-corrected chi connectivity index (χ0v) is 23.3. The number of aryl methyl sites for hydroxylation is 1. The lowest BCUT2D eigenvalue weighted by atomic mass is 9.98. The molecule has 0 radical (unpaired) electrons. The Hall–Kier alpha value is -4.12. The number of benzene rings is 4. The molecule has 0 aliphatic carbocycles. The van der Waals surface area contributed by atoms with Gasteiger partial charge >= 0.3 is 0 Å². The molecule has 0 bridgehead atoms. The molecule has 1 atom stereocenters. The smallest absolute Gasteiger partial charge is 0.243 e. The number of fused-ring (bicyclic) bond motifs is 1. The van der Waals surface area contributed by atoms with Crippen molar-refractivity contribution in [1.29, 1.82) is 0 Å². The van der Waals surface area contributed by atoms with Crippen molar-refractivity contribution in [1.82, 2.24) is 10.2 Å². The van der Waals surface area contributed by atoms with Gasteiger partial charge in [-0.15, -0.1) is 0 Å². The highest BCUT2D eigenvalue weighted by Crippen LogP contribution is 2.23. The van der Waals surface area contributed by atoms with Crippen LogP contribution in [0.15, 0.2) is 97.1 Å². The topological polar surface area (TPSA) is 58.6 Å². The van der Waals surface area contributed by atoms with E-state index in [-0.39, 0.29) is 11.8 Å². The van der Waals surface area contributed by atoms with Crippen molar-refractivity contribution in [3.05, 3.63) is 114 Å². The maximum absolute atomic E-state index is 14.0. The molecule has 4 rings (SSSR count). The molecule has 4 aromatic rings. The van der Waals surface area contributed by atoms with Gasteiger partial charge in [0, 0.05) is 24.9 Å². The molecule has 0 aliphatic rings. The summed E-state index contributed by atoms with van der Waals surface area (Å²) in [5.41, 5.74) is 2.61. The largest absolute Gasteiger partial charge is 0.497 e. The third-order valence-electron chi connectivity index (χ3n) is 6.74. The summed E-state index contributed by atoms with van der Waals surface area (Å²) in [5.74, 6) is 0.498. The first-order valence-electron chi connectivity index (χ1n) is 13.5. The third-order valence-corrected chi connectivity index (χ3v) is 6.74. The van der Waals surface area contributed by atoms with Crippen molar-refractivity contribution in [2.24, 2.45) is 0 Å². The minimum atomic E-state index is -0.669. The predicted octanol–water partition coefficient (Wildman–Crippen LogP) is 6.34. The number of ether oxygens (including phenoxy) is 1. The zero-order chi connectivity index (χ0) is 27.8. The second-order valence-electron chi connectivity index (χ2n) is 11.0. The van der Waals surface area contributed by atoms with Gasteiger partial charge < -0.3 is 15.0 Å². The summed E-state index contributed by atoms with van der Waals surface area (Å²) in [6.45, 7) is 6.18. The summed E-state index contributed by atoms with van der Waals surface area (Å²) in [6.07, 6.45) is 1.31. The van der Waals surface area contributed by atoms with Crippen molar-refractivity contribution in [3.63, 3.8) is 0 Å². The second kappa shape index (κ2) is 12.6. The first kappa shape index (κ1) is 27.9. The molecule has 0 spiro atoms. The Labute approximate surface area is 231 Å². The van der Waals surface area contributed by atoms with E-state index in [0.29, 0.717) is 25.8 Å². The number of hydrogen-bond donors (Lipinski definition) is 1. The summed E-state index contributed by atoms with van der Waals surface area (Å²) >= 11 is 0. The molecular weight excluding hydrogens is 484 g/mol. The average molecular weight is 523 g/mol. The normalized spacial score (nSPS) is 12.1. The highest BCUT2D eigenvalue weighted by Gasteiger charge is 2.32.